The molecule has 0 saturated heterocycles. The molecule has 1 aromatic rings. The van der Waals surface area contributed by atoms with Crippen LogP contribution in [0.1, 0.15) is 24.5 Å². The van der Waals surface area contributed by atoms with Crippen LogP contribution in [-0.2, 0) is 11.3 Å². The Bertz CT molecular complexity index is 380. The summed E-state index contributed by atoms with van der Waals surface area (Å²) >= 11 is 0. The molecule has 0 fully saturated rings. The van der Waals surface area contributed by atoms with Crippen molar-refractivity contribution in [3.8, 4) is 0 Å². The molecule has 0 saturated carbocycles. The molecule has 1 aromatic carbocycles. The number of halogens is 1. The van der Waals surface area contributed by atoms with Crippen LogP contribution in [0.25, 0.3) is 0 Å². The predicted molar refractivity (Wildman–Crippen MR) is 58.9 cm³/mol. The molecule has 0 heterocycles. The molecule has 0 aromatic heterocycles. The van der Waals surface area contributed by atoms with E-state index in [0.717, 1.165) is 6.42 Å². The van der Waals surface area contributed by atoms with Gasteiger partial charge in [-0.15, -0.1) is 0 Å². The lowest BCUT2D eigenvalue weighted by Crippen LogP contribution is -2.13. The fraction of sp³-hybridized carbons (Fsp3) is 0.364. The van der Waals surface area contributed by atoms with Crippen molar-refractivity contribution >= 4 is 5.84 Å². The van der Waals surface area contributed by atoms with E-state index < -0.39 is 5.82 Å². The van der Waals surface area contributed by atoms with Gasteiger partial charge in [0, 0.05) is 17.7 Å². The van der Waals surface area contributed by atoms with Gasteiger partial charge >= 0.3 is 0 Å². The van der Waals surface area contributed by atoms with E-state index in [1.54, 1.807) is 12.1 Å². The zero-order valence-corrected chi connectivity index (χ0v) is 9.11. The van der Waals surface area contributed by atoms with Crippen LogP contribution in [0.15, 0.2) is 23.4 Å². The van der Waals surface area contributed by atoms with Gasteiger partial charge in [0.2, 0.25) is 0 Å². The number of hydrogen-bond donors (Lipinski definition) is 2. The second kappa shape index (κ2) is 6.07. The van der Waals surface area contributed by atoms with Gasteiger partial charge in [-0.05, 0) is 12.5 Å². The summed E-state index contributed by atoms with van der Waals surface area (Å²) in [7, 11) is 0. The Hall–Kier alpha value is -1.62. The molecule has 4 nitrogen and oxygen atoms in total. The molecule has 88 valence electrons. The molecule has 16 heavy (non-hydrogen) atoms. The molecule has 0 amide bonds. The van der Waals surface area contributed by atoms with Crippen molar-refractivity contribution in [1.29, 1.82) is 0 Å². The smallest absolute Gasteiger partial charge is 0.170 e. The second-order valence-electron chi connectivity index (χ2n) is 3.34. The van der Waals surface area contributed by atoms with E-state index in [1.807, 2.05) is 6.92 Å². The van der Waals surface area contributed by atoms with E-state index >= 15 is 0 Å². The first-order valence-corrected chi connectivity index (χ1v) is 5.03. The topological polar surface area (TPSA) is 67.8 Å². The van der Waals surface area contributed by atoms with E-state index in [4.69, 9.17) is 15.7 Å². The lowest BCUT2D eigenvalue weighted by Gasteiger charge is -2.06. The summed E-state index contributed by atoms with van der Waals surface area (Å²) in [5.41, 5.74) is 6.14. The zero-order chi connectivity index (χ0) is 12.0. The van der Waals surface area contributed by atoms with Gasteiger partial charge in [-0.3, -0.25) is 0 Å². The predicted octanol–water partition coefficient (Wildman–Crippen LogP) is 1.85. The third-order valence-corrected chi connectivity index (χ3v) is 2.06. The van der Waals surface area contributed by atoms with Crippen molar-refractivity contribution in [2.24, 2.45) is 10.9 Å². The molecule has 0 aliphatic rings. The van der Waals surface area contributed by atoms with Crippen LogP contribution >= 0.6 is 0 Å². The average molecular weight is 226 g/mol. The van der Waals surface area contributed by atoms with Gasteiger partial charge in [-0.2, -0.15) is 0 Å². The van der Waals surface area contributed by atoms with Crippen LogP contribution in [0.5, 0.6) is 0 Å². The van der Waals surface area contributed by atoms with Gasteiger partial charge in [-0.1, -0.05) is 24.2 Å². The summed E-state index contributed by atoms with van der Waals surface area (Å²) in [6, 6.07) is 4.38. The highest BCUT2D eigenvalue weighted by molar-refractivity contribution is 5.97. The first kappa shape index (κ1) is 12.4. The summed E-state index contributed by atoms with van der Waals surface area (Å²) in [4.78, 5) is 0. The Kier molecular flexibility index (Phi) is 4.72. The third kappa shape index (κ3) is 3.20. The molecule has 0 unspecified atom stereocenters. The highest BCUT2D eigenvalue weighted by Gasteiger charge is 2.06. The van der Waals surface area contributed by atoms with Gasteiger partial charge in [0.1, 0.15) is 5.82 Å². The van der Waals surface area contributed by atoms with Gasteiger partial charge in [0.25, 0.3) is 0 Å². The van der Waals surface area contributed by atoms with Crippen LogP contribution in [0.4, 0.5) is 4.39 Å². The largest absolute Gasteiger partial charge is 0.409 e. The van der Waals surface area contributed by atoms with Crippen molar-refractivity contribution in [2.75, 3.05) is 6.61 Å². The summed E-state index contributed by atoms with van der Waals surface area (Å²) in [5, 5.41) is 11.2. The maximum absolute atomic E-state index is 13.5. The number of amidine groups is 1. The van der Waals surface area contributed by atoms with E-state index in [9.17, 15) is 4.39 Å². The second-order valence-corrected chi connectivity index (χ2v) is 3.34. The number of ether oxygens (including phenoxy) is 1. The first-order chi connectivity index (χ1) is 7.69. The number of nitrogens with zero attached hydrogens (tertiary/aromatic N) is 1. The normalized spacial score (nSPS) is 11.8. The van der Waals surface area contributed by atoms with Gasteiger partial charge in [0.15, 0.2) is 5.84 Å². The van der Waals surface area contributed by atoms with Gasteiger partial charge < -0.3 is 15.7 Å². The van der Waals surface area contributed by atoms with Crippen molar-refractivity contribution < 1.29 is 14.3 Å². The Labute approximate surface area is 93.5 Å². The molecule has 0 aliphatic heterocycles. The monoisotopic (exact) mass is 226 g/mol. The number of hydrogen-bond acceptors (Lipinski definition) is 3. The summed E-state index contributed by atoms with van der Waals surface area (Å²) in [6.07, 6.45) is 0.893. The maximum atomic E-state index is 13.5. The van der Waals surface area contributed by atoms with Crippen molar-refractivity contribution in [2.45, 2.75) is 20.0 Å². The average Bonchev–Trinajstić information content (AvgIpc) is 2.30. The zero-order valence-electron chi connectivity index (χ0n) is 9.11. The minimum Gasteiger partial charge on any atom is -0.409 e. The lowest BCUT2D eigenvalue weighted by atomic mass is 10.1. The summed E-state index contributed by atoms with van der Waals surface area (Å²) in [5.74, 6) is -0.528. The first-order valence-electron chi connectivity index (χ1n) is 5.03. The van der Waals surface area contributed by atoms with Crippen LogP contribution in [0, 0.1) is 5.82 Å². The standard InChI is InChI=1S/C11H15FN2O2/c1-2-5-16-7-9-4-3-8(6-10(9)12)11(13)14-15/h3-4,6,15H,2,5,7H2,1H3,(H2,13,14). The Balaban J connectivity index is 2.75. The highest BCUT2D eigenvalue weighted by Crippen LogP contribution is 2.11. The summed E-state index contributed by atoms with van der Waals surface area (Å²) < 4.78 is 18.7. The summed E-state index contributed by atoms with van der Waals surface area (Å²) in [6.45, 7) is 2.81. The third-order valence-electron chi connectivity index (χ3n) is 2.06. The molecular weight excluding hydrogens is 211 g/mol. The Morgan fingerprint density at radius 1 is 1.56 bits per heavy atom. The van der Waals surface area contributed by atoms with Crippen LogP contribution in [0.3, 0.4) is 0 Å². The number of benzene rings is 1. The lowest BCUT2D eigenvalue weighted by molar-refractivity contribution is 0.119. The molecule has 3 N–H and O–H groups in total. The SMILES string of the molecule is CCCOCc1ccc(/C(N)=N/O)cc1F. The molecule has 0 atom stereocenters. The van der Waals surface area contributed by atoms with Crippen LogP contribution in [0.2, 0.25) is 0 Å². The van der Waals surface area contributed by atoms with Crippen molar-refractivity contribution in [3.63, 3.8) is 0 Å². The van der Waals surface area contributed by atoms with E-state index in [-0.39, 0.29) is 12.4 Å². The minimum atomic E-state index is -0.416. The van der Waals surface area contributed by atoms with E-state index in [0.29, 0.717) is 17.7 Å². The quantitative estimate of drug-likeness (QED) is 0.265. The molecule has 0 radical (unpaired) electrons. The van der Waals surface area contributed by atoms with E-state index in [2.05, 4.69) is 5.16 Å². The molecule has 0 spiro atoms. The minimum absolute atomic E-state index is 0.111. The maximum Gasteiger partial charge on any atom is 0.170 e. The van der Waals surface area contributed by atoms with Gasteiger partial charge in [0.05, 0.1) is 6.61 Å². The number of oxime groups is 1. The van der Waals surface area contributed by atoms with Crippen LogP contribution < -0.4 is 5.73 Å². The fourth-order valence-corrected chi connectivity index (χ4v) is 1.21. The molecule has 1 rings (SSSR count). The molecule has 0 aliphatic carbocycles. The fourth-order valence-electron chi connectivity index (χ4n) is 1.21. The van der Waals surface area contributed by atoms with Gasteiger partial charge in [-0.25, -0.2) is 4.39 Å². The molecule has 0 bridgehead atoms. The van der Waals surface area contributed by atoms with Crippen molar-refractivity contribution in [1.82, 2.24) is 0 Å². The molecule has 5 heteroatoms. The number of nitrogens with two attached hydrogens (primary N) is 1. The Morgan fingerprint density at radius 2 is 2.31 bits per heavy atom. The Morgan fingerprint density at radius 3 is 2.88 bits per heavy atom. The van der Waals surface area contributed by atoms with E-state index in [1.165, 1.54) is 6.07 Å². The highest BCUT2D eigenvalue weighted by atomic mass is 19.1. The van der Waals surface area contributed by atoms with Crippen molar-refractivity contribution in [3.05, 3.63) is 35.1 Å². The number of rotatable bonds is 5. The molecular formula is C11H15FN2O2. The van der Waals surface area contributed by atoms with Crippen LogP contribution in [-0.4, -0.2) is 17.6 Å².